The number of benzene rings is 1. The summed E-state index contributed by atoms with van der Waals surface area (Å²) in [7, 11) is -3.09. The lowest BCUT2D eigenvalue weighted by Gasteiger charge is -2.36. The molecule has 0 unspecified atom stereocenters. The zero-order valence-corrected chi connectivity index (χ0v) is 17.0. The highest BCUT2D eigenvalue weighted by Crippen LogP contribution is 2.27. The molecule has 1 heterocycles. The molecule has 1 saturated heterocycles. The summed E-state index contributed by atoms with van der Waals surface area (Å²) >= 11 is 0. The molecule has 0 aliphatic carbocycles. The quantitative estimate of drug-likeness (QED) is 0.708. The largest absolute Gasteiger partial charge is 0.372 e. The lowest BCUT2D eigenvalue weighted by Crippen LogP contribution is -2.49. The van der Waals surface area contributed by atoms with Gasteiger partial charge in [-0.15, -0.1) is 0 Å². The first kappa shape index (κ1) is 20.0. The van der Waals surface area contributed by atoms with Crippen LogP contribution in [0, 0.1) is 6.92 Å². The van der Waals surface area contributed by atoms with Gasteiger partial charge in [-0.05, 0) is 51.0 Å². The van der Waals surface area contributed by atoms with Gasteiger partial charge >= 0.3 is 0 Å². The Bertz CT molecular complexity index is 649. The minimum Gasteiger partial charge on any atom is -0.372 e. The Balaban J connectivity index is 2.03. The van der Waals surface area contributed by atoms with Gasteiger partial charge in [-0.3, -0.25) is 0 Å². The zero-order chi connectivity index (χ0) is 18.4. The van der Waals surface area contributed by atoms with Gasteiger partial charge in [-0.2, -0.15) is 4.31 Å². The minimum atomic E-state index is -3.09. The number of unbranched alkanes of at least 4 members (excludes halogenated alkanes) is 1. The number of sulfonamides is 1. The average molecular weight is 368 g/mol. The molecule has 5 nitrogen and oxygen atoms in total. The van der Waals surface area contributed by atoms with Crippen molar-refractivity contribution in [3.63, 3.8) is 0 Å². The predicted octanol–water partition coefficient (Wildman–Crippen LogP) is 3.09. The zero-order valence-electron chi connectivity index (χ0n) is 16.2. The first-order valence-electron chi connectivity index (χ1n) is 9.51. The second kappa shape index (κ2) is 8.90. The molecule has 142 valence electrons. The number of anilines is 2. The van der Waals surface area contributed by atoms with Crippen LogP contribution in [0.5, 0.6) is 0 Å². The molecule has 6 heteroatoms. The maximum absolute atomic E-state index is 12.3. The van der Waals surface area contributed by atoms with Crippen LogP contribution in [-0.4, -0.2) is 57.7 Å². The van der Waals surface area contributed by atoms with Crippen LogP contribution in [-0.2, 0) is 10.0 Å². The van der Waals surface area contributed by atoms with Gasteiger partial charge in [0, 0.05) is 50.6 Å². The monoisotopic (exact) mass is 367 g/mol. The molecule has 0 spiro atoms. The van der Waals surface area contributed by atoms with Crippen LogP contribution >= 0.6 is 0 Å². The Morgan fingerprint density at radius 1 is 1.04 bits per heavy atom. The second-order valence-corrected chi connectivity index (χ2v) is 8.79. The van der Waals surface area contributed by atoms with Crippen molar-refractivity contribution in [3.05, 3.63) is 23.8 Å². The molecular weight excluding hydrogens is 334 g/mol. The summed E-state index contributed by atoms with van der Waals surface area (Å²) in [5.41, 5.74) is 3.74. The van der Waals surface area contributed by atoms with Gasteiger partial charge in [-0.1, -0.05) is 13.3 Å². The molecule has 1 aromatic carbocycles. The summed E-state index contributed by atoms with van der Waals surface area (Å²) in [6.45, 7) is 13.2. The van der Waals surface area contributed by atoms with Crippen LogP contribution in [0.25, 0.3) is 0 Å². The molecule has 1 aromatic rings. The van der Waals surface area contributed by atoms with E-state index in [1.54, 1.807) is 4.31 Å². The van der Waals surface area contributed by atoms with Gasteiger partial charge in [0.25, 0.3) is 0 Å². The Labute approximate surface area is 153 Å². The van der Waals surface area contributed by atoms with E-state index >= 15 is 0 Å². The van der Waals surface area contributed by atoms with E-state index in [9.17, 15) is 8.42 Å². The summed E-state index contributed by atoms with van der Waals surface area (Å²) in [5.74, 6) is 0.279. The van der Waals surface area contributed by atoms with Crippen LogP contribution in [0.4, 0.5) is 11.4 Å². The fourth-order valence-electron chi connectivity index (χ4n) is 3.44. The molecule has 1 aliphatic heterocycles. The Morgan fingerprint density at radius 2 is 1.68 bits per heavy atom. The Hall–Kier alpha value is -1.27. The fourth-order valence-corrected chi connectivity index (χ4v) is 5.07. The lowest BCUT2D eigenvalue weighted by atomic mass is 10.1. The maximum Gasteiger partial charge on any atom is 0.214 e. The van der Waals surface area contributed by atoms with Crippen LogP contribution in [0.2, 0.25) is 0 Å². The van der Waals surface area contributed by atoms with Crippen molar-refractivity contribution in [3.8, 4) is 0 Å². The summed E-state index contributed by atoms with van der Waals surface area (Å²) in [6.07, 6.45) is 1.66. The van der Waals surface area contributed by atoms with Crippen LogP contribution in [0.3, 0.4) is 0 Å². The molecule has 2 rings (SSSR count). The van der Waals surface area contributed by atoms with Crippen molar-refractivity contribution >= 4 is 21.4 Å². The van der Waals surface area contributed by atoms with E-state index in [1.807, 2.05) is 6.92 Å². The van der Waals surface area contributed by atoms with Gasteiger partial charge in [0.1, 0.15) is 0 Å². The van der Waals surface area contributed by atoms with Crippen LogP contribution in [0.1, 0.15) is 39.2 Å². The smallest absolute Gasteiger partial charge is 0.214 e. The summed E-state index contributed by atoms with van der Waals surface area (Å²) in [6, 6.07) is 6.61. The predicted molar refractivity (Wildman–Crippen MR) is 107 cm³/mol. The van der Waals surface area contributed by atoms with Crippen molar-refractivity contribution < 1.29 is 8.42 Å². The van der Waals surface area contributed by atoms with E-state index in [4.69, 9.17) is 0 Å². The van der Waals surface area contributed by atoms with Crippen molar-refractivity contribution in [1.82, 2.24) is 4.31 Å². The van der Waals surface area contributed by atoms with Gasteiger partial charge in [-0.25, -0.2) is 8.42 Å². The highest BCUT2D eigenvalue weighted by Gasteiger charge is 2.27. The Kier molecular flexibility index (Phi) is 7.14. The molecule has 0 saturated carbocycles. The summed E-state index contributed by atoms with van der Waals surface area (Å²) in [5, 5.41) is 0. The number of rotatable bonds is 8. The molecule has 0 N–H and O–H groups in total. The van der Waals surface area contributed by atoms with E-state index in [0.29, 0.717) is 13.1 Å². The number of aryl methyl sites for hydroxylation is 1. The van der Waals surface area contributed by atoms with Gasteiger partial charge < -0.3 is 9.80 Å². The molecule has 1 fully saturated rings. The highest BCUT2D eigenvalue weighted by atomic mass is 32.2. The molecule has 0 radical (unpaired) electrons. The third-order valence-corrected chi connectivity index (χ3v) is 6.99. The SMILES string of the molecule is CCCCS(=O)(=O)N1CCN(c2ccc(N(CC)CC)cc2C)CC1. The van der Waals surface area contributed by atoms with Crippen molar-refractivity contribution in [2.75, 3.05) is 54.8 Å². The van der Waals surface area contributed by atoms with Gasteiger partial charge in [0.15, 0.2) is 0 Å². The maximum atomic E-state index is 12.3. The highest BCUT2D eigenvalue weighted by molar-refractivity contribution is 7.89. The van der Waals surface area contributed by atoms with Gasteiger partial charge in [0.05, 0.1) is 5.75 Å². The number of hydrogen-bond acceptors (Lipinski definition) is 4. The molecular formula is C19H33N3O2S. The standard InChI is InChI=1S/C19H33N3O2S/c1-5-8-15-25(23,24)22-13-11-21(12-14-22)19-10-9-18(16-17(19)4)20(6-2)7-3/h9-10,16H,5-8,11-15H2,1-4H3. The topological polar surface area (TPSA) is 43.9 Å². The first-order valence-corrected chi connectivity index (χ1v) is 11.1. The van der Waals surface area contributed by atoms with E-state index in [2.05, 4.69) is 48.8 Å². The van der Waals surface area contributed by atoms with E-state index in [-0.39, 0.29) is 5.75 Å². The van der Waals surface area contributed by atoms with Crippen LogP contribution < -0.4 is 9.80 Å². The lowest BCUT2D eigenvalue weighted by molar-refractivity contribution is 0.384. The number of nitrogens with zero attached hydrogens (tertiary/aromatic N) is 3. The molecule has 0 aromatic heterocycles. The normalized spacial score (nSPS) is 16.2. The molecule has 0 bridgehead atoms. The van der Waals surface area contributed by atoms with E-state index < -0.39 is 10.0 Å². The molecule has 25 heavy (non-hydrogen) atoms. The fraction of sp³-hybridized carbons (Fsp3) is 0.684. The molecule has 1 aliphatic rings. The molecule has 0 atom stereocenters. The Morgan fingerprint density at radius 3 is 2.20 bits per heavy atom. The summed E-state index contributed by atoms with van der Waals surface area (Å²) < 4.78 is 26.3. The third kappa shape index (κ3) is 4.88. The number of piperazine rings is 1. The second-order valence-electron chi connectivity index (χ2n) is 6.70. The van der Waals surface area contributed by atoms with Crippen molar-refractivity contribution in [1.29, 1.82) is 0 Å². The van der Waals surface area contributed by atoms with E-state index in [1.165, 1.54) is 16.9 Å². The van der Waals surface area contributed by atoms with Crippen molar-refractivity contribution in [2.24, 2.45) is 0 Å². The average Bonchev–Trinajstić information content (AvgIpc) is 2.61. The number of hydrogen-bond donors (Lipinski definition) is 0. The summed E-state index contributed by atoms with van der Waals surface area (Å²) in [4.78, 5) is 4.65. The van der Waals surface area contributed by atoms with Crippen LogP contribution in [0.15, 0.2) is 18.2 Å². The van der Waals surface area contributed by atoms with Crippen molar-refractivity contribution in [2.45, 2.75) is 40.5 Å². The third-order valence-electron chi connectivity index (χ3n) is 5.04. The van der Waals surface area contributed by atoms with E-state index in [0.717, 1.165) is 39.0 Å². The first-order chi connectivity index (χ1) is 11.9. The minimum absolute atomic E-state index is 0.279. The van der Waals surface area contributed by atoms with Gasteiger partial charge in [0.2, 0.25) is 10.0 Å². The molecule has 0 amide bonds.